The smallest absolute Gasteiger partial charge is 0.351 e. The standard InChI is InChI=1S/C15H18O4/c1-3-5-11-12(16)8-6-10-7-9-13(19-14(10)11)15(17)18-4-2/h6-9,13,16H,3-5H2,1-2H3. The van der Waals surface area contributed by atoms with Gasteiger partial charge in [0.15, 0.2) is 0 Å². The second-order valence-corrected chi connectivity index (χ2v) is 4.38. The van der Waals surface area contributed by atoms with Crippen molar-refractivity contribution < 1.29 is 19.4 Å². The van der Waals surface area contributed by atoms with E-state index in [2.05, 4.69) is 0 Å². The molecular weight excluding hydrogens is 244 g/mol. The van der Waals surface area contributed by atoms with E-state index >= 15 is 0 Å². The van der Waals surface area contributed by atoms with E-state index in [0.717, 1.165) is 17.5 Å². The van der Waals surface area contributed by atoms with Crippen LogP contribution in [0.4, 0.5) is 0 Å². The summed E-state index contributed by atoms with van der Waals surface area (Å²) in [6.07, 6.45) is 4.37. The maximum absolute atomic E-state index is 11.7. The molecule has 4 heteroatoms. The normalized spacial score (nSPS) is 16.6. The molecule has 1 aliphatic rings. The molecule has 0 aromatic heterocycles. The minimum atomic E-state index is -0.732. The number of carbonyl (C=O) groups excluding carboxylic acids is 1. The molecule has 1 atom stereocenters. The predicted octanol–water partition coefficient (Wildman–Crippen LogP) is 2.68. The molecule has 1 unspecified atom stereocenters. The Morgan fingerprint density at radius 2 is 2.21 bits per heavy atom. The van der Waals surface area contributed by atoms with Gasteiger partial charge in [-0.05, 0) is 31.6 Å². The summed E-state index contributed by atoms with van der Waals surface area (Å²) >= 11 is 0. The van der Waals surface area contributed by atoms with Crippen LogP contribution in [0.3, 0.4) is 0 Å². The van der Waals surface area contributed by atoms with E-state index in [1.54, 1.807) is 25.1 Å². The van der Waals surface area contributed by atoms with Crippen LogP contribution in [0.2, 0.25) is 0 Å². The lowest BCUT2D eigenvalue weighted by molar-refractivity contribution is -0.149. The average molecular weight is 262 g/mol. The highest BCUT2D eigenvalue weighted by atomic mass is 16.6. The van der Waals surface area contributed by atoms with Gasteiger partial charge in [-0.25, -0.2) is 4.79 Å². The van der Waals surface area contributed by atoms with Gasteiger partial charge in [0.25, 0.3) is 0 Å². The summed E-state index contributed by atoms with van der Waals surface area (Å²) in [5.41, 5.74) is 1.63. The zero-order chi connectivity index (χ0) is 13.8. The number of phenols is 1. The van der Waals surface area contributed by atoms with Crippen LogP contribution in [0.15, 0.2) is 18.2 Å². The molecule has 0 saturated heterocycles. The van der Waals surface area contributed by atoms with E-state index in [1.165, 1.54) is 0 Å². The fourth-order valence-electron chi connectivity index (χ4n) is 2.11. The Hall–Kier alpha value is -1.97. The summed E-state index contributed by atoms with van der Waals surface area (Å²) in [7, 11) is 0. The van der Waals surface area contributed by atoms with E-state index in [4.69, 9.17) is 9.47 Å². The third-order valence-corrected chi connectivity index (χ3v) is 2.98. The average Bonchev–Trinajstić information content (AvgIpc) is 2.42. The van der Waals surface area contributed by atoms with Gasteiger partial charge >= 0.3 is 5.97 Å². The highest BCUT2D eigenvalue weighted by Gasteiger charge is 2.25. The van der Waals surface area contributed by atoms with Crippen molar-refractivity contribution in [2.75, 3.05) is 6.61 Å². The maximum atomic E-state index is 11.7. The molecule has 1 heterocycles. The van der Waals surface area contributed by atoms with Crippen LogP contribution < -0.4 is 4.74 Å². The SMILES string of the molecule is CCCc1c(O)ccc2c1OC(C(=O)OCC)C=C2. The van der Waals surface area contributed by atoms with Crippen molar-refractivity contribution in [1.82, 2.24) is 0 Å². The lowest BCUT2D eigenvalue weighted by atomic mass is 10.0. The molecule has 102 valence electrons. The van der Waals surface area contributed by atoms with Gasteiger partial charge in [-0.15, -0.1) is 0 Å². The van der Waals surface area contributed by atoms with Crippen LogP contribution >= 0.6 is 0 Å². The van der Waals surface area contributed by atoms with Gasteiger partial charge in [-0.2, -0.15) is 0 Å². The molecule has 0 saturated carbocycles. The van der Waals surface area contributed by atoms with E-state index in [1.807, 2.05) is 13.0 Å². The maximum Gasteiger partial charge on any atom is 0.351 e. The number of rotatable bonds is 4. The van der Waals surface area contributed by atoms with Crippen molar-refractivity contribution in [2.45, 2.75) is 32.8 Å². The van der Waals surface area contributed by atoms with Gasteiger partial charge in [0.2, 0.25) is 6.10 Å². The number of aromatic hydroxyl groups is 1. The Balaban J connectivity index is 2.31. The fourth-order valence-corrected chi connectivity index (χ4v) is 2.11. The lowest BCUT2D eigenvalue weighted by Crippen LogP contribution is -2.29. The van der Waals surface area contributed by atoms with Crippen LogP contribution in [-0.4, -0.2) is 23.8 Å². The van der Waals surface area contributed by atoms with Crippen molar-refractivity contribution in [3.05, 3.63) is 29.3 Å². The number of hydrogen-bond donors (Lipinski definition) is 1. The molecule has 0 spiro atoms. The molecule has 1 N–H and O–H groups in total. The van der Waals surface area contributed by atoms with Crippen LogP contribution in [0.5, 0.6) is 11.5 Å². The molecule has 1 aliphatic heterocycles. The topological polar surface area (TPSA) is 55.8 Å². The largest absolute Gasteiger partial charge is 0.508 e. The fraction of sp³-hybridized carbons (Fsp3) is 0.400. The second kappa shape index (κ2) is 5.78. The van der Waals surface area contributed by atoms with Gasteiger partial charge < -0.3 is 14.6 Å². The van der Waals surface area contributed by atoms with Crippen LogP contribution in [0, 0.1) is 0 Å². The second-order valence-electron chi connectivity index (χ2n) is 4.38. The number of phenolic OH excluding ortho intramolecular Hbond substituents is 1. The van der Waals surface area contributed by atoms with Crippen molar-refractivity contribution in [1.29, 1.82) is 0 Å². The molecule has 0 radical (unpaired) electrons. The Labute approximate surface area is 112 Å². The first-order valence-corrected chi connectivity index (χ1v) is 6.53. The van der Waals surface area contributed by atoms with E-state index in [0.29, 0.717) is 18.8 Å². The number of fused-ring (bicyclic) bond motifs is 1. The molecule has 0 bridgehead atoms. The molecule has 1 aromatic carbocycles. The Kier molecular flexibility index (Phi) is 4.10. The number of carbonyl (C=O) groups is 1. The minimum Gasteiger partial charge on any atom is -0.508 e. The predicted molar refractivity (Wildman–Crippen MR) is 72.2 cm³/mol. The van der Waals surface area contributed by atoms with Crippen LogP contribution in [0.1, 0.15) is 31.4 Å². The van der Waals surface area contributed by atoms with Gasteiger partial charge in [-0.3, -0.25) is 0 Å². The third-order valence-electron chi connectivity index (χ3n) is 2.98. The highest BCUT2D eigenvalue weighted by molar-refractivity contribution is 5.81. The molecule has 1 aromatic rings. The third kappa shape index (κ3) is 2.72. The van der Waals surface area contributed by atoms with E-state index < -0.39 is 12.1 Å². The molecule has 19 heavy (non-hydrogen) atoms. The molecule has 0 fully saturated rings. The molecular formula is C15H18O4. The first-order valence-electron chi connectivity index (χ1n) is 6.53. The molecule has 0 aliphatic carbocycles. The zero-order valence-electron chi connectivity index (χ0n) is 11.2. The van der Waals surface area contributed by atoms with Gasteiger partial charge in [-0.1, -0.05) is 19.4 Å². The Morgan fingerprint density at radius 1 is 1.42 bits per heavy atom. The van der Waals surface area contributed by atoms with Crippen molar-refractivity contribution in [3.8, 4) is 11.5 Å². The summed E-state index contributed by atoms with van der Waals surface area (Å²) in [6, 6.07) is 3.43. The minimum absolute atomic E-state index is 0.207. The van der Waals surface area contributed by atoms with Gasteiger partial charge in [0, 0.05) is 11.1 Å². The summed E-state index contributed by atoms with van der Waals surface area (Å²) in [5.74, 6) is 0.385. The Morgan fingerprint density at radius 3 is 2.89 bits per heavy atom. The molecule has 0 amide bonds. The first-order chi connectivity index (χ1) is 9.17. The lowest BCUT2D eigenvalue weighted by Gasteiger charge is -2.23. The van der Waals surface area contributed by atoms with Gasteiger partial charge in [0.05, 0.1) is 6.61 Å². The molecule has 4 nitrogen and oxygen atoms in total. The summed E-state index contributed by atoms with van der Waals surface area (Å²) < 4.78 is 10.6. The van der Waals surface area contributed by atoms with Gasteiger partial charge in [0.1, 0.15) is 11.5 Å². The van der Waals surface area contributed by atoms with E-state index in [9.17, 15) is 9.90 Å². The summed E-state index contributed by atoms with van der Waals surface area (Å²) in [6.45, 7) is 4.11. The quantitative estimate of drug-likeness (QED) is 0.848. The number of benzene rings is 1. The van der Waals surface area contributed by atoms with Crippen LogP contribution in [-0.2, 0) is 16.0 Å². The monoisotopic (exact) mass is 262 g/mol. The van der Waals surface area contributed by atoms with E-state index in [-0.39, 0.29) is 5.75 Å². The number of ether oxygens (including phenoxy) is 2. The van der Waals surface area contributed by atoms with Crippen molar-refractivity contribution >= 4 is 12.0 Å². The number of esters is 1. The summed E-state index contributed by atoms with van der Waals surface area (Å²) in [4.78, 5) is 11.7. The summed E-state index contributed by atoms with van der Waals surface area (Å²) in [5, 5.41) is 9.91. The first kappa shape index (κ1) is 13.5. The van der Waals surface area contributed by atoms with Crippen molar-refractivity contribution in [3.63, 3.8) is 0 Å². The Bertz CT molecular complexity index is 505. The highest BCUT2D eigenvalue weighted by Crippen LogP contribution is 2.36. The number of hydrogen-bond acceptors (Lipinski definition) is 4. The molecule has 2 rings (SSSR count). The van der Waals surface area contributed by atoms with Crippen LogP contribution in [0.25, 0.3) is 6.08 Å². The zero-order valence-corrected chi connectivity index (χ0v) is 11.2. The van der Waals surface area contributed by atoms with Crippen molar-refractivity contribution in [2.24, 2.45) is 0 Å².